The van der Waals surface area contributed by atoms with Crippen molar-refractivity contribution >= 4 is 33.4 Å². The van der Waals surface area contributed by atoms with E-state index < -0.39 is 0 Å². The number of hydrogen-bond acceptors (Lipinski definition) is 3. The smallest absolute Gasteiger partial charge is 0.228 e. The zero-order valence-corrected chi connectivity index (χ0v) is 19.0. The highest BCUT2D eigenvalue weighted by Gasteiger charge is 2.69. The number of allylic oxidation sites excluding steroid dienone is 2. The molecule has 1 unspecified atom stereocenters. The van der Waals surface area contributed by atoms with Gasteiger partial charge in [-0.15, -0.1) is 0 Å². The number of halogens is 1. The van der Waals surface area contributed by atoms with Crippen molar-refractivity contribution in [1.82, 2.24) is 10.2 Å². The molecule has 1 aromatic rings. The molecule has 5 nitrogen and oxygen atoms in total. The van der Waals surface area contributed by atoms with Crippen LogP contribution in [0.3, 0.4) is 0 Å². The Kier molecular flexibility index (Phi) is 5.26. The van der Waals surface area contributed by atoms with Crippen LogP contribution in [0.15, 0.2) is 40.9 Å². The van der Waals surface area contributed by atoms with Crippen LogP contribution >= 0.6 is 15.9 Å². The van der Waals surface area contributed by atoms with E-state index in [0.717, 1.165) is 36.0 Å². The molecule has 1 aliphatic heterocycles. The fraction of sp³-hybridized carbons (Fsp3) is 0.583. The molecule has 30 heavy (non-hydrogen) atoms. The minimum Gasteiger partial charge on any atom is -0.356 e. The van der Waals surface area contributed by atoms with Crippen LogP contribution in [0.2, 0.25) is 0 Å². The summed E-state index contributed by atoms with van der Waals surface area (Å²) in [5, 5.41) is 6.27. The Morgan fingerprint density at radius 3 is 2.37 bits per heavy atom. The zero-order valence-electron chi connectivity index (χ0n) is 17.4. The van der Waals surface area contributed by atoms with Gasteiger partial charge in [-0.25, -0.2) is 0 Å². The second-order valence-electron chi connectivity index (χ2n) is 9.57. The van der Waals surface area contributed by atoms with Crippen LogP contribution in [0.5, 0.6) is 0 Å². The lowest BCUT2D eigenvalue weighted by Crippen LogP contribution is -2.43. The molecular formula is C24H30BrN3O2. The number of carbonyl (C=O) groups excluding carboxylic acids is 2. The molecule has 2 N–H and O–H groups in total. The first kappa shape index (κ1) is 20.3. The fourth-order valence-corrected chi connectivity index (χ4v) is 6.56. The van der Waals surface area contributed by atoms with Crippen molar-refractivity contribution in [2.75, 3.05) is 25.5 Å². The maximum Gasteiger partial charge on any atom is 0.228 e. The van der Waals surface area contributed by atoms with Crippen LogP contribution in [-0.4, -0.2) is 42.9 Å². The van der Waals surface area contributed by atoms with Gasteiger partial charge in [-0.3, -0.25) is 9.59 Å². The molecule has 6 heteroatoms. The van der Waals surface area contributed by atoms with Gasteiger partial charge in [0.2, 0.25) is 11.8 Å². The summed E-state index contributed by atoms with van der Waals surface area (Å²) >= 11 is 3.43. The normalized spacial score (nSPS) is 33.2. The lowest BCUT2D eigenvalue weighted by atomic mass is 9.81. The molecule has 5 rings (SSSR count). The summed E-state index contributed by atoms with van der Waals surface area (Å²) in [6.45, 7) is 1.84. The Labute approximate surface area is 186 Å². The summed E-state index contributed by atoms with van der Waals surface area (Å²) in [6, 6.07) is 8.19. The summed E-state index contributed by atoms with van der Waals surface area (Å²) in [5.41, 5.74) is 0.943. The van der Waals surface area contributed by atoms with Gasteiger partial charge in [0.05, 0.1) is 11.8 Å². The summed E-state index contributed by atoms with van der Waals surface area (Å²) < 4.78 is 0.977. The second-order valence-corrected chi connectivity index (χ2v) is 10.5. The largest absolute Gasteiger partial charge is 0.356 e. The molecule has 1 saturated heterocycles. The Balaban J connectivity index is 1.28. The second kappa shape index (κ2) is 7.79. The van der Waals surface area contributed by atoms with Crippen molar-refractivity contribution in [3.05, 3.63) is 40.9 Å². The van der Waals surface area contributed by atoms with Crippen LogP contribution in [-0.2, 0) is 9.59 Å². The SMILES string of the molecule is CN1CCCC1CCNC(=O)[C@H]1[C@H](C(=O)Nc2ccc(Br)cc2)[C@H]2C=C[C@H]1C21CC1. The first-order valence-corrected chi connectivity index (χ1v) is 12.0. The van der Waals surface area contributed by atoms with E-state index in [1.165, 1.54) is 12.8 Å². The molecular weight excluding hydrogens is 442 g/mol. The van der Waals surface area contributed by atoms with Crippen molar-refractivity contribution in [2.45, 2.75) is 38.1 Å². The maximum absolute atomic E-state index is 13.3. The predicted molar refractivity (Wildman–Crippen MR) is 121 cm³/mol. The highest BCUT2D eigenvalue weighted by atomic mass is 79.9. The van der Waals surface area contributed by atoms with Crippen LogP contribution < -0.4 is 10.6 Å². The number of carbonyl (C=O) groups is 2. The molecule has 1 spiro atoms. The summed E-state index contributed by atoms with van der Waals surface area (Å²) in [4.78, 5) is 29.0. The number of amides is 2. The Morgan fingerprint density at radius 2 is 1.77 bits per heavy atom. The number of nitrogens with zero attached hydrogens (tertiary/aromatic N) is 1. The van der Waals surface area contributed by atoms with Crippen molar-refractivity contribution in [3.63, 3.8) is 0 Å². The molecule has 2 bridgehead atoms. The van der Waals surface area contributed by atoms with E-state index in [-0.39, 0.29) is 40.9 Å². The highest BCUT2D eigenvalue weighted by Crippen LogP contribution is 2.72. The molecule has 4 aliphatic rings. The van der Waals surface area contributed by atoms with Gasteiger partial charge in [0.25, 0.3) is 0 Å². The topological polar surface area (TPSA) is 61.4 Å². The van der Waals surface area contributed by atoms with Crippen LogP contribution in [0, 0.1) is 29.1 Å². The van der Waals surface area contributed by atoms with Gasteiger partial charge in [-0.1, -0.05) is 28.1 Å². The third-order valence-corrected chi connectivity index (χ3v) is 8.54. The number of anilines is 1. The van der Waals surface area contributed by atoms with E-state index in [1.54, 1.807) is 0 Å². The Bertz CT molecular complexity index is 864. The Hall–Kier alpha value is -1.66. The van der Waals surface area contributed by atoms with E-state index in [1.807, 2.05) is 24.3 Å². The Morgan fingerprint density at radius 1 is 1.10 bits per heavy atom. The van der Waals surface area contributed by atoms with E-state index in [2.05, 4.69) is 50.7 Å². The van der Waals surface area contributed by atoms with Crippen molar-refractivity contribution < 1.29 is 9.59 Å². The first-order chi connectivity index (χ1) is 14.5. The van der Waals surface area contributed by atoms with Gasteiger partial charge in [0, 0.05) is 22.7 Å². The molecule has 1 aromatic carbocycles. The number of hydrogen-bond donors (Lipinski definition) is 2. The third kappa shape index (κ3) is 3.42. The lowest BCUT2D eigenvalue weighted by molar-refractivity contribution is -0.132. The molecule has 5 atom stereocenters. The van der Waals surface area contributed by atoms with Crippen LogP contribution in [0.1, 0.15) is 32.1 Å². The number of benzene rings is 1. The minimum absolute atomic E-state index is 0.0175. The highest BCUT2D eigenvalue weighted by molar-refractivity contribution is 9.10. The predicted octanol–water partition coefficient (Wildman–Crippen LogP) is 3.82. The van der Waals surface area contributed by atoms with Crippen LogP contribution in [0.4, 0.5) is 5.69 Å². The standard InChI is InChI=1S/C24H30BrN3O2/c1-28-14-2-3-17(28)10-13-26-22(29)20-18-8-9-19(24(18)11-12-24)21(20)23(30)27-16-6-4-15(25)5-7-16/h4-9,17-21H,2-3,10-14H2,1H3,(H,26,29)(H,27,30)/t17?,18-,19-,20-,21-/m1/s1. The van der Waals surface area contributed by atoms with E-state index >= 15 is 0 Å². The molecule has 0 aromatic heterocycles. The van der Waals surface area contributed by atoms with Crippen LogP contribution in [0.25, 0.3) is 0 Å². The van der Waals surface area contributed by atoms with E-state index in [0.29, 0.717) is 12.6 Å². The van der Waals surface area contributed by atoms with E-state index in [4.69, 9.17) is 0 Å². The number of nitrogens with one attached hydrogen (secondary N) is 2. The van der Waals surface area contributed by atoms with E-state index in [9.17, 15) is 9.59 Å². The minimum atomic E-state index is -0.277. The summed E-state index contributed by atoms with van der Waals surface area (Å²) in [6.07, 6.45) is 10.1. The van der Waals surface area contributed by atoms with Gasteiger partial charge < -0.3 is 15.5 Å². The maximum atomic E-state index is 13.3. The molecule has 0 radical (unpaired) electrons. The molecule has 3 fully saturated rings. The lowest BCUT2D eigenvalue weighted by Gasteiger charge is -2.27. The zero-order chi connectivity index (χ0) is 20.9. The van der Waals surface area contributed by atoms with Gasteiger partial charge in [0.15, 0.2) is 0 Å². The third-order valence-electron chi connectivity index (χ3n) is 8.01. The molecule has 3 aliphatic carbocycles. The molecule has 2 saturated carbocycles. The molecule has 1 heterocycles. The molecule has 160 valence electrons. The average Bonchev–Trinajstić information content (AvgIpc) is 3.23. The van der Waals surface area contributed by atoms with Crippen molar-refractivity contribution in [2.24, 2.45) is 29.1 Å². The number of rotatable bonds is 6. The van der Waals surface area contributed by atoms with Gasteiger partial charge in [-0.2, -0.15) is 0 Å². The quantitative estimate of drug-likeness (QED) is 0.619. The fourth-order valence-electron chi connectivity index (χ4n) is 6.29. The van der Waals surface area contributed by atoms with Gasteiger partial charge in [-0.05, 0) is 87.2 Å². The first-order valence-electron chi connectivity index (χ1n) is 11.2. The monoisotopic (exact) mass is 471 g/mol. The average molecular weight is 472 g/mol. The summed E-state index contributed by atoms with van der Waals surface area (Å²) in [7, 11) is 2.17. The summed E-state index contributed by atoms with van der Waals surface area (Å²) in [5.74, 6) is -0.0857. The number of likely N-dealkylation sites (tertiary alicyclic amines) is 1. The van der Waals surface area contributed by atoms with Gasteiger partial charge in [0.1, 0.15) is 0 Å². The molecule has 2 amide bonds. The van der Waals surface area contributed by atoms with Crippen molar-refractivity contribution in [1.29, 1.82) is 0 Å². The van der Waals surface area contributed by atoms with Gasteiger partial charge >= 0.3 is 0 Å². The van der Waals surface area contributed by atoms with Crippen molar-refractivity contribution in [3.8, 4) is 0 Å².